The van der Waals surface area contributed by atoms with E-state index in [9.17, 15) is 18.4 Å². The maximum absolute atomic E-state index is 11.5. The second kappa shape index (κ2) is 7.19. The first-order chi connectivity index (χ1) is 6.52. The number of amides is 2. The van der Waals surface area contributed by atoms with E-state index in [1.165, 1.54) is 0 Å². The van der Waals surface area contributed by atoms with Gasteiger partial charge in [-0.2, -0.15) is 0 Å². The van der Waals surface area contributed by atoms with Gasteiger partial charge < -0.3 is 15.8 Å². The minimum atomic E-state index is -2.54. The number of hydrogen-bond acceptors (Lipinski definition) is 3. The van der Waals surface area contributed by atoms with Crippen LogP contribution in [0.3, 0.4) is 0 Å². The van der Waals surface area contributed by atoms with Gasteiger partial charge in [-0.1, -0.05) is 0 Å². The van der Waals surface area contributed by atoms with Crippen molar-refractivity contribution in [2.24, 2.45) is 5.73 Å². The van der Waals surface area contributed by atoms with Gasteiger partial charge in [0.2, 0.25) is 11.8 Å². The Morgan fingerprint density at radius 3 is 2.57 bits per heavy atom. The first kappa shape index (κ1) is 12.8. The summed E-state index contributed by atoms with van der Waals surface area (Å²) in [5, 5.41) is 2.19. The van der Waals surface area contributed by atoms with Gasteiger partial charge in [-0.05, 0) is 0 Å². The van der Waals surface area contributed by atoms with Gasteiger partial charge in [0.05, 0.1) is 13.2 Å². The van der Waals surface area contributed by atoms with Crippen LogP contribution in [-0.2, 0) is 14.3 Å². The maximum atomic E-state index is 11.5. The molecule has 0 aliphatic rings. The average Bonchev–Trinajstić information content (AvgIpc) is 2.08. The molecular formula is C7H12F2N2O3. The fourth-order valence-electron chi connectivity index (χ4n) is 0.611. The van der Waals surface area contributed by atoms with Crippen molar-refractivity contribution >= 4 is 11.8 Å². The van der Waals surface area contributed by atoms with Gasteiger partial charge in [-0.3, -0.25) is 9.59 Å². The van der Waals surface area contributed by atoms with Crippen LogP contribution in [0.1, 0.15) is 6.42 Å². The summed E-state index contributed by atoms with van der Waals surface area (Å²) in [6, 6.07) is 0. The molecule has 0 aromatic rings. The van der Waals surface area contributed by atoms with Crippen LogP contribution in [0, 0.1) is 0 Å². The molecule has 0 saturated carbocycles. The lowest BCUT2D eigenvalue weighted by Crippen LogP contribution is -2.33. The summed E-state index contributed by atoms with van der Waals surface area (Å²) in [6.45, 7) is -1.05. The molecule has 0 spiro atoms. The van der Waals surface area contributed by atoms with Crippen LogP contribution in [0.15, 0.2) is 0 Å². The largest absolute Gasteiger partial charge is 0.375 e. The Morgan fingerprint density at radius 1 is 1.43 bits per heavy atom. The molecule has 0 radical (unpaired) electrons. The number of primary amides is 1. The zero-order valence-corrected chi connectivity index (χ0v) is 7.46. The van der Waals surface area contributed by atoms with E-state index in [0.717, 1.165) is 0 Å². The summed E-state index contributed by atoms with van der Waals surface area (Å²) in [5.74, 6) is -1.12. The Bertz CT molecular complexity index is 199. The predicted molar refractivity (Wildman–Crippen MR) is 43.6 cm³/mol. The van der Waals surface area contributed by atoms with E-state index in [-0.39, 0.29) is 19.6 Å². The van der Waals surface area contributed by atoms with Gasteiger partial charge in [0.15, 0.2) is 0 Å². The van der Waals surface area contributed by atoms with Crippen LogP contribution in [0.5, 0.6) is 0 Å². The molecule has 7 heteroatoms. The van der Waals surface area contributed by atoms with Gasteiger partial charge >= 0.3 is 0 Å². The van der Waals surface area contributed by atoms with Crippen molar-refractivity contribution in [3.8, 4) is 0 Å². The lowest BCUT2D eigenvalue weighted by Gasteiger charge is -2.03. The highest BCUT2D eigenvalue weighted by molar-refractivity contribution is 5.83. The fourth-order valence-corrected chi connectivity index (χ4v) is 0.611. The number of rotatable bonds is 7. The van der Waals surface area contributed by atoms with Crippen LogP contribution in [0.4, 0.5) is 8.78 Å². The van der Waals surface area contributed by atoms with Crippen molar-refractivity contribution in [2.45, 2.75) is 12.8 Å². The summed E-state index contributed by atoms with van der Waals surface area (Å²) in [6.07, 6.45) is -2.61. The Labute approximate surface area is 79.6 Å². The molecule has 0 fully saturated rings. The zero-order valence-electron chi connectivity index (χ0n) is 7.46. The molecule has 2 amide bonds. The number of carbonyl (C=O) groups excluding carboxylic acids is 2. The third-order valence-electron chi connectivity index (χ3n) is 1.18. The van der Waals surface area contributed by atoms with Gasteiger partial charge in [-0.15, -0.1) is 0 Å². The molecule has 0 saturated heterocycles. The summed E-state index contributed by atoms with van der Waals surface area (Å²) < 4.78 is 27.5. The average molecular weight is 210 g/mol. The highest BCUT2D eigenvalue weighted by Crippen LogP contribution is 1.93. The standard InChI is InChI=1S/C7H12F2N2O3/c8-5(9)4-14-2-1-7(13)11-3-6(10)12/h5H,1-4H2,(H2,10,12)(H,11,13). The first-order valence-electron chi connectivity index (χ1n) is 3.93. The van der Waals surface area contributed by atoms with E-state index in [1.807, 2.05) is 0 Å². The molecule has 0 aliphatic heterocycles. The first-order valence-corrected chi connectivity index (χ1v) is 3.93. The second-order valence-electron chi connectivity index (χ2n) is 2.46. The number of nitrogens with two attached hydrogens (primary N) is 1. The van der Waals surface area contributed by atoms with E-state index >= 15 is 0 Å². The quantitative estimate of drug-likeness (QED) is 0.543. The lowest BCUT2D eigenvalue weighted by atomic mass is 10.4. The molecule has 0 aromatic carbocycles. The molecule has 0 atom stereocenters. The minimum Gasteiger partial charge on any atom is -0.375 e. The van der Waals surface area contributed by atoms with E-state index < -0.39 is 24.8 Å². The zero-order chi connectivity index (χ0) is 11.0. The molecule has 0 bridgehead atoms. The number of halogens is 2. The summed E-state index contributed by atoms with van der Waals surface area (Å²) >= 11 is 0. The molecule has 0 aromatic heterocycles. The Balaban J connectivity index is 3.31. The third kappa shape index (κ3) is 8.85. The predicted octanol–water partition coefficient (Wildman–Crippen LogP) is -0.740. The summed E-state index contributed by atoms with van der Waals surface area (Å²) in [4.78, 5) is 21.0. The highest BCUT2D eigenvalue weighted by atomic mass is 19.3. The van der Waals surface area contributed by atoms with Crippen LogP contribution < -0.4 is 11.1 Å². The van der Waals surface area contributed by atoms with Crippen LogP contribution in [0.2, 0.25) is 0 Å². The number of carbonyl (C=O) groups is 2. The number of alkyl halides is 2. The van der Waals surface area contributed by atoms with Gasteiger partial charge in [0.25, 0.3) is 6.43 Å². The monoisotopic (exact) mass is 210 g/mol. The normalized spacial score (nSPS) is 10.2. The number of nitrogens with one attached hydrogen (secondary N) is 1. The van der Waals surface area contributed by atoms with E-state index in [4.69, 9.17) is 5.73 Å². The molecule has 82 valence electrons. The van der Waals surface area contributed by atoms with Gasteiger partial charge in [0, 0.05) is 6.42 Å². The van der Waals surface area contributed by atoms with E-state index in [1.54, 1.807) is 0 Å². The van der Waals surface area contributed by atoms with Crippen molar-refractivity contribution in [3.05, 3.63) is 0 Å². The topological polar surface area (TPSA) is 81.4 Å². The van der Waals surface area contributed by atoms with Crippen LogP contribution in [0.25, 0.3) is 0 Å². The highest BCUT2D eigenvalue weighted by Gasteiger charge is 2.05. The number of hydrogen-bond donors (Lipinski definition) is 2. The van der Waals surface area contributed by atoms with Gasteiger partial charge in [-0.25, -0.2) is 8.78 Å². The van der Waals surface area contributed by atoms with Gasteiger partial charge in [0.1, 0.15) is 6.61 Å². The van der Waals surface area contributed by atoms with Crippen LogP contribution in [-0.4, -0.2) is 38.0 Å². The molecule has 0 unspecified atom stereocenters. The molecule has 3 N–H and O–H groups in total. The minimum absolute atomic E-state index is 0.0694. The Morgan fingerprint density at radius 2 is 2.07 bits per heavy atom. The van der Waals surface area contributed by atoms with Crippen molar-refractivity contribution < 1.29 is 23.1 Å². The molecule has 5 nitrogen and oxygen atoms in total. The smallest absolute Gasteiger partial charge is 0.261 e. The lowest BCUT2D eigenvalue weighted by molar-refractivity contribution is -0.125. The van der Waals surface area contributed by atoms with Crippen LogP contribution >= 0.6 is 0 Å². The number of ether oxygens (including phenoxy) is 1. The van der Waals surface area contributed by atoms with E-state index in [2.05, 4.69) is 10.1 Å². The molecular weight excluding hydrogens is 198 g/mol. The molecule has 0 heterocycles. The SMILES string of the molecule is NC(=O)CNC(=O)CCOCC(F)F. The summed E-state index contributed by atoms with van der Waals surface area (Å²) in [5.41, 5.74) is 4.75. The van der Waals surface area contributed by atoms with Crippen molar-refractivity contribution in [1.29, 1.82) is 0 Å². The molecule has 14 heavy (non-hydrogen) atoms. The molecule has 0 aliphatic carbocycles. The Kier molecular flexibility index (Phi) is 6.55. The second-order valence-corrected chi connectivity index (χ2v) is 2.46. The maximum Gasteiger partial charge on any atom is 0.261 e. The van der Waals surface area contributed by atoms with Crippen molar-refractivity contribution in [1.82, 2.24) is 5.32 Å². The van der Waals surface area contributed by atoms with Crippen molar-refractivity contribution in [2.75, 3.05) is 19.8 Å². The Hall–Kier alpha value is -1.24. The third-order valence-corrected chi connectivity index (χ3v) is 1.18. The van der Waals surface area contributed by atoms with Crippen molar-refractivity contribution in [3.63, 3.8) is 0 Å². The summed E-state index contributed by atoms with van der Waals surface area (Å²) in [7, 11) is 0. The molecule has 0 rings (SSSR count). The fraction of sp³-hybridized carbons (Fsp3) is 0.714. The van der Waals surface area contributed by atoms with E-state index in [0.29, 0.717) is 0 Å².